The average Bonchev–Trinajstić information content (AvgIpc) is 2.09. The first-order valence-corrected chi connectivity index (χ1v) is 3.96. The van der Waals surface area contributed by atoms with Crippen molar-refractivity contribution >= 4 is 0 Å². The van der Waals surface area contributed by atoms with Crippen molar-refractivity contribution < 1.29 is 4.74 Å². The predicted octanol–water partition coefficient (Wildman–Crippen LogP) is 2.15. The van der Waals surface area contributed by atoms with E-state index in [1.165, 1.54) is 0 Å². The molecule has 0 bridgehead atoms. The highest BCUT2D eigenvalue weighted by molar-refractivity contribution is 5.35. The molecule has 2 heteroatoms. The lowest BCUT2D eigenvalue weighted by molar-refractivity contribution is 0.337. The smallest absolute Gasteiger partial charge is 0.123 e. The Morgan fingerprint density at radius 3 is 2.83 bits per heavy atom. The molecule has 0 N–H and O–H groups in total. The minimum Gasteiger partial charge on any atom is -0.494 e. The maximum absolute atomic E-state index is 8.51. The maximum atomic E-state index is 8.51. The second-order valence-corrected chi connectivity index (χ2v) is 2.38. The Morgan fingerprint density at radius 1 is 1.42 bits per heavy atom. The minimum absolute atomic E-state index is 0.413. The topological polar surface area (TPSA) is 33.0 Å². The van der Waals surface area contributed by atoms with Gasteiger partial charge in [-0.3, -0.25) is 0 Å². The van der Waals surface area contributed by atoms with Gasteiger partial charge in [-0.05, 0) is 13.0 Å². The number of nitriles is 1. The first-order chi connectivity index (χ1) is 5.88. The monoisotopic (exact) mass is 161 g/mol. The summed E-state index contributed by atoms with van der Waals surface area (Å²) in [4.78, 5) is 0. The number of rotatable bonds is 3. The van der Waals surface area contributed by atoms with E-state index in [0.717, 1.165) is 11.3 Å². The molecule has 0 radical (unpaired) electrons. The molecule has 0 aliphatic carbocycles. The van der Waals surface area contributed by atoms with E-state index in [0.29, 0.717) is 13.0 Å². The second kappa shape index (κ2) is 4.40. The second-order valence-electron chi connectivity index (χ2n) is 2.38. The van der Waals surface area contributed by atoms with Crippen LogP contribution in [-0.4, -0.2) is 6.61 Å². The fraction of sp³-hybridized carbons (Fsp3) is 0.300. The number of hydrogen-bond acceptors (Lipinski definition) is 2. The summed E-state index contributed by atoms with van der Waals surface area (Å²) < 4.78 is 5.34. The van der Waals surface area contributed by atoms with Gasteiger partial charge < -0.3 is 4.74 Å². The van der Waals surface area contributed by atoms with Crippen molar-refractivity contribution in [3.8, 4) is 11.8 Å². The van der Waals surface area contributed by atoms with E-state index in [1.54, 1.807) is 0 Å². The van der Waals surface area contributed by atoms with E-state index in [9.17, 15) is 0 Å². The maximum Gasteiger partial charge on any atom is 0.123 e. The summed E-state index contributed by atoms with van der Waals surface area (Å²) in [7, 11) is 0. The van der Waals surface area contributed by atoms with E-state index in [-0.39, 0.29) is 0 Å². The van der Waals surface area contributed by atoms with Gasteiger partial charge in [0.15, 0.2) is 0 Å². The van der Waals surface area contributed by atoms with Crippen molar-refractivity contribution in [3.63, 3.8) is 0 Å². The van der Waals surface area contributed by atoms with E-state index < -0.39 is 0 Å². The van der Waals surface area contributed by atoms with Crippen LogP contribution in [0.1, 0.15) is 12.5 Å². The molecule has 2 nitrogen and oxygen atoms in total. The third-order valence-electron chi connectivity index (χ3n) is 1.54. The molecule has 62 valence electrons. The van der Waals surface area contributed by atoms with Crippen LogP contribution in [0.3, 0.4) is 0 Å². The molecule has 1 rings (SSSR count). The Bertz CT molecular complexity index is 288. The van der Waals surface area contributed by atoms with E-state index in [2.05, 4.69) is 6.07 Å². The van der Waals surface area contributed by atoms with Crippen LogP contribution in [0.2, 0.25) is 0 Å². The van der Waals surface area contributed by atoms with Gasteiger partial charge in [0.05, 0.1) is 19.1 Å². The number of nitrogens with zero attached hydrogens (tertiary/aromatic N) is 1. The SMILES string of the molecule is CCOc1ccccc1CC#N. The Kier molecular flexibility index (Phi) is 3.16. The van der Waals surface area contributed by atoms with Crippen LogP contribution < -0.4 is 4.74 Å². The molecule has 0 aromatic heterocycles. The van der Waals surface area contributed by atoms with Gasteiger partial charge in [0.2, 0.25) is 0 Å². The average molecular weight is 161 g/mol. The van der Waals surface area contributed by atoms with Crippen LogP contribution in [0.15, 0.2) is 24.3 Å². The van der Waals surface area contributed by atoms with Crippen molar-refractivity contribution in [1.29, 1.82) is 5.26 Å². The highest BCUT2D eigenvalue weighted by Gasteiger charge is 1.99. The zero-order valence-electron chi connectivity index (χ0n) is 7.08. The quantitative estimate of drug-likeness (QED) is 0.680. The molecule has 0 amide bonds. The van der Waals surface area contributed by atoms with Crippen LogP contribution in [0.5, 0.6) is 5.75 Å². The molecule has 0 spiro atoms. The minimum atomic E-state index is 0.413. The Hall–Kier alpha value is -1.49. The van der Waals surface area contributed by atoms with Crippen molar-refractivity contribution in [1.82, 2.24) is 0 Å². The summed E-state index contributed by atoms with van der Waals surface area (Å²) >= 11 is 0. The van der Waals surface area contributed by atoms with E-state index in [1.807, 2.05) is 31.2 Å². The van der Waals surface area contributed by atoms with Gasteiger partial charge in [-0.2, -0.15) is 5.26 Å². The summed E-state index contributed by atoms with van der Waals surface area (Å²) in [5, 5.41) is 8.51. The van der Waals surface area contributed by atoms with E-state index >= 15 is 0 Å². The molecule has 12 heavy (non-hydrogen) atoms. The zero-order chi connectivity index (χ0) is 8.81. The number of hydrogen-bond donors (Lipinski definition) is 0. The third kappa shape index (κ3) is 2.00. The largest absolute Gasteiger partial charge is 0.494 e. The van der Waals surface area contributed by atoms with E-state index in [4.69, 9.17) is 10.00 Å². The van der Waals surface area contributed by atoms with Crippen molar-refractivity contribution in [2.24, 2.45) is 0 Å². The molecule has 0 fully saturated rings. The van der Waals surface area contributed by atoms with Crippen LogP contribution in [0, 0.1) is 11.3 Å². The molecule has 1 aromatic carbocycles. The Morgan fingerprint density at radius 2 is 2.17 bits per heavy atom. The molecule has 0 atom stereocenters. The predicted molar refractivity (Wildman–Crippen MR) is 46.9 cm³/mol. The molecular formula is C10H11NO. The molecule has 0 aliphatic rings. The lowest BCUT2D eigenvalue weighted by Gasteiger charge is -2.06. The van der Waals surface area contributed by atoms with Crippen LogP contribution in [-0.2, 0) is 6.42 Å². The summed E-state index contributed by atoms with van der Waals surface area (Å²) in [6.45, 7) is 2.57. The summed E-state index contributed by atoms with van der Waals surface area (Å²) in [6, 6.07) is 9.72. The molecule has 0 heterocycles. The van der Waals surface area contributed by atoms with Crippen molar-refractivity contribution in [2.45, 2.75) is 13.3 Å². The first-order valence-electron chi connectivity index (χ1n) is 3.96. The van der Waals surface area contributed by atoms with Gasteiger partial charge in [-0.1, -0.05) is 18.2 Å². The van der Waals surface area contributed by atoms with Gasteiger partial charge in [-0.25, -0.2) is 0 Å². The summed E-state index contributed by atoms with van der Waals surface area (Å²) in [6.07, 6.45) is 0.413. The highest BCUT2D eigenvalue weighted by Crippen LogP contribution is 2.17. The molecule has 0 aliphatic heterocycles. The zero-order valence-corrected chi connectivity index (χ0v) is 7.08. The van der Waals surface area contributed by atoms with Gasteiger partial charge in [-0.15, -0.1) is 0 Å². The number of para-hydroxylation sites is 1. The van der Waals surface area contributed by atoms with Gasteiger partial charge in [0.25, 0.3) is 0 Å². The number of benzene rings is 1. The third-order valence-corrected chi connectivity index (χ3v) is 1.54. The molecule has 1 aromatic rings. The van der Waals surface area contributed by atoms with Crippen molar-refractivity contribution in [3.05, 3.63) is 29.8 Å². The fourth-order valence-corrected chi connectivity index (χ4v) is 1.03. The van der Waals surface area contributed by atoms with Crippen LogP contribution >= 0.6 is 0 Å². The number of ether oxygens (including phenoxy) is 1. The van der Waals surface area contributed by atoms with Crippen molar-refractivity contribution in [2.75, 3.05) is 6.61 Å². The Labute approximate surface area is 72.4 Å². The summed E-state index contributed by atoms with van der Waals surface area (Å²) in [5.41, 5.74) is 0.960. The highest BCUT2D eigenvalue weighted by atomic mass is 16.5. The van der Waals surface area contributed by atoms with Gasteiger partial charge in [0, 0.05) is 5.56 Å². The summed E-state index contributed by atoms with van der Waals surface area (Å²) in [5.74, 6) is 0.821. The van der Waals surface area contributed by atoms with Crippen LogP contribution in [0.4, 0.5) is 0 Å². The standard InChI is InChI=1S/C10H11NO/c1-2-12-10-6-4-3-5-9(10)7-8-11/h3-6H,2,7H2,1H3. The fourth-order valence-electron chi connectivity index (χ4n) is 1.03. The molecule has 0 unspecified atom stereocenters. The van der Waals surface area contributed by atoms with Gasteiger partial charge in [0.1, 0.15) is 5.75 Å². The molecule has 0 saturated carbocycles. The Balaban J connectivity index is 2.85. The lowest BCUT2D eigenvalue weighted by Crippen LogP contribution is -1.95. The normalized spacial score (nSPS) is 9.00. The van der Waals surface area contributed by atoms with Crippen LogP contribution in [0.25, 0.3) is 0 Å². The first kappa shape index (κ1) is 8.61. The lowest BCUT2D eigenvalue weighted by atomic mass is 10.1. The molecule has 0 saturated heterocycles. The molecular weight excluding hydrogens is 150 g/mol. The van der Waals surface area contributed by atoms with Gasteiger partial charge >= 0.3 is 0 Å².